The van der Waals surface area contributed by atoms with E-state index in [4.69, 9.17) is 0 Å². The Morgan fingerprint density at radius 2 is 1.73 bits per heavy atom. The second-order valence-corrected chi connectivity index (χ2v) is 5.87. The molecule has 0 saturated carbocycles. The molecule has 1 heterocycles. The van der Waals surface area contributed by atoms with Crippen LogP contribution in [0.3, 0.4) is 0 Å². The van der Waals surface area contributed by atoms with Crippen molar-refractivity contribution in [1.29, 1.82) is 0 Å². The van der Waals surface area contributed by atoms with E-state index >= 15 is 0 Å². The van der Waals surface area contributed by atoms with Crippen LogP contribution in [-0.2, 0) is 13.0 Å². The molecule has 0 atom stereocenters. The Hall–Kier alpha value is -3.21. The normalized spacial score (nSPS) is 10.3. The number of nitrogens with one attached hydrogen (secondary N) is 2. The maximum atomic E-state index is 13.5. The highest BCUT2D eigenvalue weighted by molar-refractivity contribution is 5.92. The lowest BCUT2D eigenvalue weighted by molar-refractivity contribution is 0.0949. The monoisotopic (exact) mass is 349 g/mol. The van der Waals surface area contributed by atoms with Gasteiger partial charge in [0.1, 0.15) is 11.5 Å². The van der Waals surface area contributed by atoms with E-state index < -0.39 is 0 Å². The summed E-state index contributed by atoms with van der Waals surface area (Å²) in [5.41, 5.74) is 2.93. The molecule has 0 fully saturated rings. The van der Waals surface area contributed by atoms with Crippen molar-refractivity contribution in [3.63, 3.8) is 0 Å². The van der Waals surface area contributed by atoms with Crippen molar-refractivity contribution >= 4 is 11.6 Å². The number of amides is 1. The number of aromatic nitrogens is 1. The van der Waals surface area contributed by atoms with E-state index in [1.54, 1.807) is 30.5 Å². The zero-order valence-electron chi connectivity index (χ0n) is 14.3. The number of halogens is 1. The van der Waals surface area contributed by atoms with Crippen molar-refractivity contribution in [3.05, 3.63) is 95.6 Å². The minimum atomic E-state index is -0.268. The molecular weight excluding hydrogens is 329 g/mol. The van der Waals surface area contributed by atoms with Crippen LogP contribution in [0.1, 0.15) is 21.6 Å². The van der Waals surface area contributed by atoms with E-state index in [2.05, 4.69) is 15.6 Å². The third-order valence-corrected chi connectivity index (χ3v) is 3.97. The van der Waals surface area contributed by atoms with Crippen molar-refractivity contribution in [2.45, 2.75) is 13.0 Å². The molecule has 0 radical (unpaired) electrons. The molecule has 0 bridgehead atoms. The number of carbonyl (C=O) groups is 1. The zero-order valence-corrected chi connectivity index (χ0v) is 14.3. The Labute approximate surface area is 152 Å². The van der Waals surface area contributed by atoms with Crippen LogP contribution in [0.15, 0.2) is 72.9 Å². The molecule has 4 nitrogen and oxygen atoms in total. The second kappa shape index (κ2) is 8.76. The fraction of sp³-hybridized carbons (Fsp3) is 0.143. The molecule has 0 aliphatic heterocycles. The van der Waals surface area contributed by atoms with Crippen LogP contribution in [-0.4, -0.2) is 17.4 Å². The number of nitrogens with zero attached hydrogens (tertiary/aromatic N) is 1. The van der Waals surface area contributed by atoms with E-state index in [1.165, 1.54) is 11.6 Å². The van der Waals surface area contributed by atoms with Gasteiger partial charge in [0, 0.05) is 13.1 Å². The van der Waals surface area contributed by atoms with Crippen LogP contribution in [0.5, 0.6) is 0 Å². The topological polar surface area (TPSA) is 54.0 Å². The largest absolute Gasteiger partial charge is 0.380 e. The summed E-state index contributed by atoms with van der Waals surface area (Å²) in [6.45, 7) is 1.05. The first-order valence-electron chi connectivity index (χ1n) is 8.48. The van der Waals surface area contributed by atoms with Crippen LogP contribution >= 0.6 is 0 Å². The lowest BCUT2D eigenvalue weighted by atomic mass is 10.1. The van der Waals surface area contributed by atoms with Gasteiger partial charge in [-0.15, -0.1) is 0 Å². The third-order valence-electron chi connectivity index (χ3n) is 3.97. The molecule has 1 amide bonds. The molecule has 1 aromatic heterocycles. The number of benzene rings is 2. The lowest BCUT2D eigenvalue weighted by Gasteiger charge is -2.08. The van der Waals surface area contributed by atoms with Gasteiger partial charge in [0.25, 0.3) is 5.91 Å². The van der Waals surface area contributed by atoms with E-state index in [9.17, 15) is 9.18 Å². The Morgan fingerprint density at radius 3 is 2.46 bits per heavy atom. The summed E-state index contributed by atoms with van der Waals surface area (Å²) in [6, 6.07) is 20.1. The minimum absolute atomic E-state index is 0.256. The number of anilines is 1. The van der Waals surface area contributed by atoms with Crippen molar-refractivity contribution < 1.29 is 9.18 Å². The molecule has 5 heteroatoms. The molecule has 0 aliphatic rings. The summed E-state index contributed by atoms with van der Waals surface area (Å²) in [5.74, 6) is -0.523. The smallest absolute Gasteiger partial charge is 0.269 e. The van der Waals surface area contributed by atoms with Gasteiger partial charge in [-0.25, -0.2) is 9.37 Å². The quantitative estimate of drug-likeness (QED) is 0.682. The molecule has 2 N–H and O–H groups in total. The Kier molecular flexibility index (Phi) is 5.93. The highest BCUT2D eigenvalue weighted by atomic mass is 19.1. The highest BCUT2D eigenvalue weighted by Gasteiger charge is 2.07. The van der Waals surface area contributed by atoms with Crippen molar-refractivity contribution in [2.24, 2.45) is 0 Å². The maximum absolute atomic E-state index is 13.5. The summed E-state index contributed by atoms with van der Waals surface area (Å²) in [5, 5.41) is 6.03. The maximum Gasteiger partial charge on any atom is 0.269 e. The van der Waals surface area contributed by atoms with E-state index in [-0.39, 0.29) is 11.7 Å². The van der Waals surface area contributed by atoms with E-state index in [0.29, 0.717) is 30.8 Å². The second-order valence-electron chi connectivity index (χ2n) is 5.87. The first-order valence-corrected chi connectivity index (χ1v) is 8.48. The highest BCUT2D eigenvalue weighted by Crippen LogP contribution is 2.09. The minimum Gasteiger partial charge on any atom is -0.380 e. The van der Waals surface area contributed by atoms with Crippen LogP contribution in [0.25, 0.3) is 0 Å². The van der Waals surface area contributed by atoms with Gasteiger partial charge in [0.15, 0.2) is 0 Å². The molecule has 3 rings (SSSR count). The molecule has 132 valence electrons. The van der Waals surface area contributed by atoms with Crippen LogP contribution in [0.4, 0.5) is 10.1 Å². The summed E-state index contributed by atoms with van der Waals surface area (Å²) in [6.07, 6.45) is 2.07. The fourth-order valence-electron chi connectivity index (χ4n) is 2.54. The number of carbonyl (C=O) groups excluding carboxylic acids is 1. The average molecular weight is 349 g/mol. The van der Waals surface area contributed by atoms with Crippen LogP contribution < -0.4 is 10.6 Å². The van der Waals surface area contributed by atoms with Crippen molar-refractivity contribution in [1.82, 2.24) is 10.3 Å². The third kappa shape index (κ3) is 4.89. The predicted molar refractivity (Wildman–Crippen MR) is 100 cm³/mol. The average Bonchev–Trinajstić information content (AvgIpc) is 2.69. The summed E-state index contributed by atoms with van der Waals surface area (Å²) in [4.78, 5) is 16.3. The van der Waals surface area contributed by atoms with Crippen molar-refractivity contribution in [3.8, 4) is 0 Å². The Morgan fingerprint density at radius 1 is 0.962 bits per heavy atom. The van der Waals surface area contributed by atoms with Gasteiger partial charge in [-0.3, -0.25) is 4.79 Å². The molecule has 0 unspecified atom stereocenters. The molecule has 0 saturated heterocycles. The number of hydrogen-bond donors (Lipinski definition) is 2. The van der Waals surface area contributed by atoms with Gasteiger partial charge in [-0.2, -0.15) is 0 Å². The van der Waals surface area contributed by atoms with Crippen LogP contribution in [0, 0.1) is 5.82 Å². The summed E-state index contributed by atoms with van der Waals surface area (Å²) in [7, 11) is 0. The van der Waals surface area contributed by atoms with Gasteiger partial charge >= 0.3 is 0 Å². The molecule has 26 heavy (non-hydrogen) atoms. The molecule has 2 aromatic carbocycles. The van der Waals surface area contributed by atoms with Crippen LogP contribution in [0.2, 0.25) is 0 Å². The van der Waals surface area contributed by atoms with E-state index in [0.717, 1.165) is 5.69 Å². The lowest BCUT2D eigenvalue weighted by Crippen LogP contribution is -2.26. The Balaban J connectivity index is 1.48. The zero-order chi connectivity index (χ0) is 18.2. The van der Waals surface area contributed by atoms with E-state index in [1.807, 2.05) is 36.4 Å². The van der Waals surface area contributed by atoms with Gasteiger partial charge < -0.3 is 10.6 Å². The predicted octanol–water partition coefficient (Wildman–Crippen LogP) is 3.81. The van der Waals surface area contributed by atoms with Crippen molar-refractivity contribution in [2.75, 3.05) is 11.9 Å². The van der Waals surface area contributed by atoms with Gasteiger partial charge in [-0.1, -0.05) is 48.5 Å². The Bertz CT molecular complexity index is 851. The summed E-state index contributed by atoms with van der Waals surface area (Å²) >= 11 is 0. The molecule has 0 spiro atoms. The molecule has 0 aliphatic carbocycles. The fourth-order valence-corrected chi connectivity index (χ4v) is 2.54. The SMILES string of the molecule is O=C(NCCc1ccccc1F)c1ccc(NCc2ccccc2)cn1. The number of pyridine rings is 1. The number of hydrogen-bond acceptors (Lipinski definition) is 3. The first-order chi connectivity index (χ1) is 12.7. The molecule has 3 aromatic rings. The first kappa shape index (κ1) is 17.6. The molecular formula is C21H20FN3O. The van der Waals surface area contributed by atoms with Gasteiger partial charge in [0.2, 0.25) is 0 Å². The van der Waals surface area contributed by atoms with Gasteiger partial charge in [0.05, 0.1) is 11.9 Å². The summed E-state index contributed by atoms with van der Waals surface area (Å²) < 4.78 is 13.5. The van der Waals surface area contributed by atoms with Gasteiger partial charge in [-0.05, 0) is 35.7 Å². The standard InChI is InChI=1S/C21H20FN3O/c22-19-9-5-4-8-17(19)12-13-23-21(26)20-11-10-18(15-25-20)24-14-16-6-2-1-3-7-16/h1-11,15,24H,12-14H2,(H,23,26). The number of rotatable bonds is 7.